The average molecular weight is 606 g/mol. The first-order valence-electron chi connectivity index (χ1n) is 15.0. The first-order valence-corrected chi connectivity index (χ1v) is 15.0. The van der Waals surface area contributed by atoms with Crippen LogP contribution in [0, 0.1) is 0 Å². The fourth-order valence-electron chi connectivity index (χ4n) is 5.61. The molecular weight excluding hydrogens is 570 g/mol. The fraction of sp³-hybridized carbons (Fsp3) is 0.250. The Bertz CT molecular complexity index is 1770. The Hall–Kier alpha value is -4.83. The summed E-state index contributed by atoms with van der Waals surface area (Å²) >= 11 is 0. The summed E-state index contributed by atoms with van der Waals surface area (Å²) in [7, 11) is 0. The maximum absolute atomic E-state index is 12.0. The van der Waals surface area contributed by atoms with Crippen LogP contribution >= 0.6 is 0 Å². The molecule has 1 aliphatic rings. The number of amides is 1. The number of carboxylic acids is 1. The number of benzene rings is 4. The zero-order chi connectivity index (χ0) is 31.2. The van der Waals surface area contributed by atoms with Gasteiger partial charge in [0.1, 0.15) is 0 Å². The molecule has 1 saturated heterocycles. The molecule has 3 N–H and O–H groups in total. The molecule has 6 rings (SSSR count). The monoisotopic (exact) mass is 605 g/mol. The molecular formula is C36H35N3O6. The minimum atomic E-state index is -0.991. The van der Waals surface area contributed by atoms with Crippen molar-refractivity contribution in [2.75, 3.05) is 0 Å². The number of nitrogens with zero attached hydrogens (tertiary/aromatic N) is 2. The van der Waals surface area contributed by atoms with E-state index >= 15 is 0 Å². The van der Waals surface area contributed by atoms with Crippen LogP contribution in [0.3, 0.4) is 0 Å². The molecule has 0 radical (unpaired) electrons. The van der Waals surface area contributed by atoms with E-state index in [1.807, 2.05) is 97.3 Å². The number of carbonyl (C=O) groups is 2. The molecule has 0 bridgehead atoms. The number of aliphatic hydroxyl groups is 1. The van der Waals surface area contributed by atoms with Gasteiger partial charge in [-0.3, -0.25) is 9.59 Å². The molecule has 0 aliphatic carbocycles. The smallest absolute Gasteiger partial charge is 0.303 e. The van der Waals surface area contributed by atoms with Gasteiger partial charge in [-0.2, -0.15) is 0 Å². The highest BCUT2D eigenvalue weighted by molar-refractivity contribution is 5.80. The van der Waals surface area contributed by atoms with Crippen LogP contribution < -0.4 is 5.32 Å². The third-order valence-electron chi connectivity index (χ3n) is 8.04. The van der Waals surface area contributed by atoms with Crippen LogP contribution in [-0.2, 0) is 38.8 Å². The van der Waals surface area contributed by atoms with E-state index in [2.05, 4.69) is 20.9 Å². The van der Waals surface area contributed by atoms with Crippen LogP contribution in [0.5, 0.6) is 0 Å². The Labute approximate surface area is 261 Å². The van der Waals surface area contributed by atoms with Gasteiger partial charge in [0, 0.05) is 24.9 Å². The Kier molecular flexibility index (Phi) is 9.30. The normalized spacial score (nSPS) is 18.1. The lowest BCUT2D eigenvalue weighted by molar-refractivity contribution is -0.252. The van der Waals surface area contributed by atoms with Crippen molar-refractivity contribution >= 4 is 22.9 Å². The molecule has 0 unspecified atom stereocenters. The van der Waals surface area contributed by atoms with E-state index < -0.39 is 12.3 Å². The van der Waals surface area contributed by atoms with Gasteiger partial charge in [0.25, 0.3) is 0 Å². The molecule has 4 aromatic carbocycles. The predicted molar refractivity (Wildman–Crippen MR) is 169 cm³/mol. The molecule has 45 heavy (non-hydrogen) atoms. The second-order valence-electron chi connectivity index (χ2n) is 11.2. The number of hydrogen-bond donors (Lipinski definition) is 3. The topological polar surface area (TPSA) is 123 Å². The number of aliphatic carboxylic acids is 1. The highest BCUT2D eigenvalue weighted by atomic mass is 16.7. The van der Waals surface area contributed by atoms with Gasteiger partial charge in [0.05, 0.1) is 49.1 Å². The van der Waals surface area contributed by atoms with Crippen LogP contribution in [0.25, 0.3) is 22.2 Å². The number of fused-ring (bicyclic) bond motifs is 1. The summed E-state index contributed by atoms with van der Waals surface area (Å²) in [5, 5.41) is 21.1. The summed E-state index contributed by atoms with van der Waals surface area (Å²) < 4.78 is 15.2. The molecule has 0 spiro atoms. The number of nitrogens with one attached hydrogen (secondary N) is 1. The summed E-state index contributed by atoms with van der Waals surface area (Å²) in [4.78, 5) is 27.2. The van der Waals surface area contributed by atoms with Crippen LogP contribution in [0.15, 0.2) is 103 Å². The van der Waals surface area contributed by atoms with Crippen molar-refractivity contribution in [1.29, 1.82) is 0 Å². The van der Waals surface area contributed by atoms with E-state index in [1.54, 1.807) is 0 Å². The Balaban J connectivity index is 1.19. The van der Waals surface area contributed by atoms with Gasteiger partial charge in [-0.1, -0.05) is 78.9 Å². The third-order valence-corrected chi connectivity index (χ3v) is 8.04. The molecule has 9 heteroatoms. The number of carboxylic acid groups (broad SMARTS) is 1. The first kappa shape index (κ1) is 30.2. The Morgan fingerprint density at radius 2 is 1.62 bits per heavy atom. The minimum Gasteiger partial charge on any atom is -0.481 e. The van der Waals surface area contributed by atoms with Crippen molar-refractivity contribution in [2.24, 2.45) is 0 Å². The van der Waals surface area contributed by atoms with E-state index in [4.69, 9.17) is 14.6 Å². The number of imidazole rings is 1. The summed E-state index contributed by atoms with van der Waals surface area (Å²) in [6.45, 7) is 0.941. The highest BCUT2D eigenvalue weighted by Gasteiger charge is 2.32. The number of carbonyl (C=O) groups excluding carboxylic acids is 1. The Morgan fingerprint density at radius 3 is 2.40 bits per heavy atom. The maximum Gasteiger partial charge on any atom is 0.303 e. The van der Waals surface area contributed by atoms with Crippen molar-refractivity contribution in [3.05, 3.63) is 126 Å². The SMILES string of the molecule is O=C(O)CCC(=O)NCc1cccc(-c2ccc([C@H]3O[C@@H](Cn4cnc5ccccc54)C[C@@H](c4ccc(CO)cc4)O3)cc2)c1. The first-order chi connectivity index (χ1) is 21.9. The lowest BCUT2D eigenvalue weighted by Crippen LogP contribution is -2.32. The quantitative estimate of drug-likeness (QED) is 0.171. The Morgan fingerprint density at radius 1 is 0.844 bits per heavy atom. The molecule has 1 aliphatic heterocycles. The zero-order valence-corrected chi connectivity index (χ0v) is 24.7. The lowest BCUT2D eigenvalue weighted by atomic mass is 9.99. The van der Waals surface area contributed by atoms with Crippen molar-refractivity contribution in [2.45, 2.75) is 57.5 Å². The molecule has 1 fully saturated rings. The van der Waals surface area contributed by atoms with E-state index in [0.29, 0.717) is 19.5 Å². The predicted octanol–water partition coefficient (Wildman–Crippen LogP) is 5.92. The number of aromatic nitrogens is 2. The highest BCUT2D eigenvalue weighted by Crippen LogP contribution is 2.39. The van der Waals surface area contributed by atoms with Crippen LogP contribution in [-0.4, -0.2) is 37.7 Å². The van der Waals surface area contributed by atoms with Crippen LogP contribution in [0.1, 0.15) is 53.9 Å². The largest absolute Gasteiger partial charge is 0.481 e. The van der Waals surface area contributed by atoms with Gasteiger partial charge < -0.3 is 29.6 Å². The van der Waals surface area contributed by atoms with Gasteiger partial charge in [-0.15, -0.1) is 0 Å². The van der Waals surface area contributed by atoms with E-state index in [-0.39, 0.29) is 37.6 Å². The third kappa shape index (κ3) is 7.46. The maximum atomic E-state index is 12.0. The summed E-state index contributed by atoms with van der Waals surface area (Å²) in [5.74, 6) is -1.28. The van der Waals surface area contributed by atoms with Gasteiger partial charge in [0.15, 0.2) is 6.29 Å². The molecule has 3 atom stereocenters. The number of ether oxygens (including phenoxy) is 2. The van der Waals surface area contributed by atoms with Crippen LogP contribution in [0.4, 0.5) is 0 Å². The fourth-order valence-corrected chi connectivity index (χ4v) is 5.61. The van der Waals surface area contributed by atoms with Gasteiger partial charge >= 0.3 is 5.97 Å². The molecule has 1 amide bonds. The molecule has 230 valence electrons. The number of rotatable bonds is 11. The molecule has 0 saturated carbocycles. The van der Waals surface area contributed by atoms with Crippen molar-refractivity contribution in [3.8, 4) is 11.1 Å². The van der Waals surface area contributed by atoms with Crippen molar-refractivity contribution < 1.29 is 29.3 Å². The zero-order valence-electron chi connectivity index (χ0n) is 24.7. The van der Waals surface area contributed by atoms with Crippen LogP contribution in [0.2, 0.25) is 0 Å². The van der Waals surface area contributed by atoms with Crippen molar-refractivity contribution in [3.63, 3.8) is 0 Å². The average Bonchev–Trinajstić information content (AvgIpc) is 3.49. The van der Waals surface area contributed by atoms with Gasteiger partial charge in [-0.05, 0) is 46.0 Å². The van der Waals surface area contributed by atoms with E-state index in [0.717, 1.165) is 44.4 Å². The van der Waals surface area contributed by atoms with Gasteiger partial charge in [0.2, 0.25) is 5.91 Å². The number of hydrogen-bond acceptors (Lipinski definition) is 6. The number of para-hydroxylation sites is 2. The van der Waals surface area contributed by atoms with Gasteiger partial charge in [-0.25, -0.2) is 4.98 Å². The van der Waals surface area contributed by atoms with E-state index in [1.165, 1.54) is 0 Å². The molecule has 1 aromatic heterocycles. The molecule has 5 aromatic rings. The van der Waals surface area contributed by atoms with Crippen molar-refractivity contribution in [1.82, 2.24) is 14.9 Å². The van der Waals surface area contributed by atoms with E-state index in [9.17, 15) is 14.7 Å². The number of aliphatic hydroxyl groups excluding tert-OH is 1. The standard InChI is InChI=1S/C36H35N3O6/c40-22-24-8-10-27(11-9-24)33-19-30(21-39-23-38-31-6-1-2-7-32(31)39)44-36(45-33)28-14-12-26(13-15-28)29-5-3-4-25(18-29)20-37-34(41)16-17-35(42)43/h1-15,18,23,30,33,36,40H,16-17,19-22H2,(H,37,41)(H,42,43)/t30-,33+,36+/m1/s1. The minimum absolute atomic E-state index is 0.00937. The summed E-state index contributed by atoms with van der Waals surface area (Å²) in [5.41, 5.74) is 7.70. The lowest BCUT2D eigenvalue weighted by Gasteiger charge is -2.36. The second-order valence-corrected chi connectivity index (χ2v) is 11.2. The second kappa shape index (κ2) is 13.9. The summed E-state index contributed by atoms with van der Waals surface area (Å²) in [6, 6.07) is 31.9. The molecule has 2 heterocycles. The summed E-state index contributed by atoms with van der Waals surface area (Å²) in [6.07, 6.45) is 1.38. The molecule has 9 nitrogen and oxygen atoms in total.